The molecule has 0 bridgehead atoms. The molecule has 7 nitrogen and oxygen atoms in total. The van der Waals surface area contributed by atoms with Crippen molar-refractivity contribution in [1.82, 2.24) is 4.72 Å². The van der Waals surface area contributed by atoms with Gasteiger partial charge in [-0.15, -0.1) is 0 Å². The van der Waals surface area contributed by atoms with E-state index in [-0.39, 0.29) is 5.96 Å². The molecule has 0 fully saturated rings. The summed E-state index contributed by atoms with van der Waals surface area (Å²) in [6, 6.07) is 14.7. The largest absolute Gasteiger partial charge is 0.494 e. The standard InChI is InChI=1S/C19H25N3O4S/c1-4-25-17-10-6-15(7-11-17)14-20-19(22-27(3,23)24)21-16-8-12-18(13-9-16)26-5-2/h6-13H,4-5,14H2,1-3H3,(H2,20,21,22). The highest BCUT2D eigenvalue weighted by molar-refractivity contribution is 7.89. The summed E-state index contributed by atoms with van der Waals surface area (Å²) in [5.74, 6) is 1.68. The highest BCUT2D eigenvalue weighted by Crippen LogP contribution is 2.16. The third kappa shape index (κ3) is 7.57. The molecule has 0 saturated carbocycles. The first-order valence-electron chi connectivity index (χ1n) is 8.63. The van der Waals surface area contributed by atoms with Gasteiger partial charge in [0.05, 0.1) is 26.0 Å². The Bertz CT molecular complexity index is 848. The van der Waals surface area contributed by atoms with E-state index < -0.39 is 10.0 Å². The van der Waals surface area contributed by atoms with Crippen molar-refractivity contribution in [3.8, 4) is 11.5 Å². The second-order valence-corrected chi connectivity index (χ2v) is 7.45. The lowest BCUT2D eigenvalue weighted by Gasteiger charge is -2.12. The molecule has 2 aromatic rings. The number of ether oxygens (including phenoxy) is 2. The third-order valence-electron chi connectivity index (χ3n) is 3.36. The van der Waals surface area contributed by atoms with Crippen molar-refractivity contribution in [1.29, 1.82) is 0 Å². The van der Waals surface area contributed by atoms with E-state index in [4.69, 9.17) is 9.47 Å². The zero-order chi connectivity index (χ0) is 19.7. The zero-order valence-corrected chi connectivity index (χ0v) is 16.5. The number of nitrogens with one attached hydrogen (secondary N) is 2. The summed E-state index contributed by atoms with van der Waals surface area (Å²) in [6.45, 7) is 5.33. The van der Waals surface area contributed by atoms with Crippen LogP contribution in [0.3, 0.4) is 0 Å². The Morgan fingerprint density at radius 3 is 1.93 bits per heavy atom. The van der Waals surface area contributed by atoms with Crippen LogP contribution in [0.25, 0.3) is 0 Å². The molecule has 0 aromatic heterocycles. The lowest BCUT2D eigenvalue weighted by Crippen LogP contribution is -2.35. The fourth-order valence-electron chi connectivity index (χ4n) is 2.24. The second kappa shape index (κ2) is 9.82. The van der Waals surface area contributed by atoms with E-state index >= 15 is 0 Å². The number of guanidine groups is 1. The number of benzene rings is 2. The average molecular weight is 391 g/mol. The Kier molecular flexibility index (Phi) is 7.48. The summed E-state index contributed by atoms with van der Waals surface area (Å²) in [7, 11) is -3.47. The minimum atomic E-state index is -3.47. The summed E-state index contributed by atoms with van der Waals surface area (Å²) in [5, 5.41) is 2.99. The first-order chi connectivity index (χ1) is 12.9. The van der Waals surface area contributed by atoms with Gasteiger partial charge in [0.15, 0.2) is 0 Å². The van der Waals surface area contributed by atoms with Crippen molar-refractivity contribution in [2.45, 2.75) is 20.4 Å². The number of aliphatic imine (C=N–C) groups is 1. The van der Waals surface area contributed by atoms with E-state index in [1.54, 1.807) is 24.3 Å². The van der Waals surface area contributed by atoms with Gasteiger partial charge in [0.25, 0.3) is 0 Å². The highest BCUT2D eigenvalue weighted by Gasteiger charge is 2.07. The van der Waals surface area contributed by atoms with Gasteiger partial charge in [0.1, 0.15) is 11.5 Å². The monoisotopic (exact) mass is 391 g/mol. The van der Waals surface area contributed by atoms with Gasteiger partial charge in [0.2, 0.25) is 16.0 Å². The molecule has 146 valence electrons. The van der Waals surface area contributed by atoms with Crippen molar-refractivity contribution < 1.29 is 17.9 Å². The number of rotatable bonds is 8. The smallest absolute Gasteiger partial charge is 0.232 e. The van der Waals surface area contributed by atoms with Crippen molar-refractivity contribution in [3.05, 3.63) is 54.1 Å². The predicted molar refractivity (Wildman–Crippen MR) is 108 cm³/mol. The minimum Gasteiger partial charge on any atom is -0.494 e. The molecular formula is C19H25N3O4S. The van der Waals surface area contributed by atoms with Crippen LogP contribution in [-0.4, -0.2) is 33.8 Å². The number of hydrogen-bond donors (Lipinski definition) is 2. The average Bonchev–Trinajstić information content (AvgIpc) is 2.62. The van der Waals surface area contributed by atoms with E-state index in [1.807, 2.05) is 38.1 Å². The Labute approximate surface area is 160 Å². The molecule has 2 aromatic carbocycles. The lowest BCUT2D eigenvalue weighted by atomic mass is 10.2. The van der Waals surface area contributed by atoms with Crippen LogP contribution < -0.4 is 19.5 Å². The molecule has 0 spiro atoms. The number of nitrogens with zero attached hydrogens (tertiary/aromatic N) is 1. The van der Waals surface area contributed by atoms with Crippen LogP contribution in [0.5, 0.6) is 11.5 Å². The van der Waals surface area contributed by atoms with Crippen LogP contribution in [0.4, 0.5) is 5.69 Å². The molecule has 0 atom stereocenters. The first kappa shape index (κ1) is 20.6. The van der Waals surface area contributed by atoms with E-state index in [0.717, 1.165) is 23.3 Å². The molecule has 0 aliphatic carbocycles. The minimum absolute atomic E-state index is 0.149. The van der Waals surface area contributed by atoms with Crippen LogP contribution in [0.15, 0.2) is 53.5 Å². The second-order valence-electron chi connectivity index (χ2n) is 5.70. The van der Waals surface area contributed by atoms with Gasteiger partial charge >= 0.3 is 0 Å². The zero-order valence-electron chi connectivity index (χ0n) is 15.7. The Morgan fingerprint density at radius 2 is 1.44 bits per heavy atom. The van der Waals surface area contributed by atoms with Gasteiger partial charge < -0.3 is 14.8 Å². The predicted octanol–water partition coefficient (Wildman–Crippen LogP) is 3.00. The van der Waals surface area contributed by atoms with Gasteiger partial charge in [-0.1, -0.05) is 12.1 Å². The molecule has 0 unspecified atom stereocenters. The summed E-state index contributed by atoms with van der Waals surface area (Å²) < 4.78 is 36.5. The molecule has 0 saturated heterocycles. The fourth-order valence-corrected chi connectivity index (χ4v) is 2.71. The van der Waals surface area contributed by atoms with Gasteiger partial charge in [0, 0.05) is 5.69 Å². The molecule has 2 rings (SSSR count). The van der Waals surface area contributed by atoms with Crippen LogP contribution in [-0.2, 0) is 16.6 Å². The van der Waals surface area contributed by atoms with E-state index in [2.05, 4.69) is 15.0 Å². The molecule has 27 heavy (non-hydrogen) atoms. The Balaban J connectivity index is 2.11. The maximum absolute atomic E-state index is 11.6. The van der Waals surface area contributed by atoms with Crippen molar-refractivity contribution in [2.24, 2.45) is 4.99 Å². The Morgan fingerprint density at radius 1 is 0.926 bits per heavy atom. The number of anilines is 1. The van der Waals surface area contributed by atoms with E-state index in [0.29, 0.717) is 25.4 Å². The van der Waals surface area contributed by atoms with Crippen LogP contribution in [0.1, 0.15) is 19.4 Å². The number of hydrogen-bond acceptors (Lipinski definition) is 5. The quantitative estimate of drug-likeness (QED) is 0.533. The Hall–Kier alpha value is -2.74. The number of sulfonamides is 1. The molecule has 8 heteroatoms. The van der Waals surface area contributed by atoms with E-state index in [9.17, 15) is 8.42 Å². The molecule has 0 aliphatic heterocycles. The van der Waals surface area contributed by atoms with Crippen LogP contribution >= 0.6 is 0 Å². The van der Waals surface area contributed by atoms with Gasteiger partial charge in [-0.3, -0.25) is 4.72 Å². The third-order valence-corrected chi connectivity index (χ3v) is 3.93. The maximum atomic E-state index is 11.6. The summed E-state index contributed by atoms with van der Waals surface area (Å²) in [6.07, 6.45) is 1.08. The maximum Gasteiger partial charge on any atom is 0.232 e. The van der Waals surface area contributed by atoms with E-state index in [1.165, 1.54) is 0 Å². The SMILES string of the molecule is CCOc1ccc(CN=C(Nc2ccc(OCC)cc2)NS(C)(=O)=O)cc1. The first-order valence-corrected chi connectivity index (χ1v) is 10.5. The van der Waals surface area contributed by atoms with Crippen molar-refractivity contribution in [3.63, 3.8) is 0 Å². The summed E-state index contributed by atoms with van der Waals surface area (Å²) >= 11 is 0. The highest BCUT2D eigenvalue weighted by atomic mass is 32.2. The fraction of sp³-hybridized carbons (Fsp3) is 0.316. The lowest BCUT2D eigenvalue weighted by molar-refractivity contribution is 0.340. The normalized spacial score (nSPS) is 11.7. The van der Waals surface area contributed by atoms with Crippen LogP contribution in [0, 0.1) is 0 Å². The molecule has 0 amide bonds. The topological polar surface area (TPSA) is 89.0 Å². The molecule has 2 N–H and O–H groups in total. The molecule has 0 radical (unpaired) electrons. The molecule has 0 aliphatic rings. The van der Waals surface area contributed by atoms with Gasteiger partial charge in [-0.2, -0.15) is 0 Å². The molecular weight excluding hydrogens is 366 g/mol. The summed E-state index contributed by atoms with van der Waals surface area (Å²) in [4.78, 5) is 4.35. The van der Waals surface area contributed by atoms with Crippen LogP contribution in [0.2, 0.25) is 0 Å². The van der Waals surface area contributed by atoms with Crippen molar-refractivity contribution in [2.75, 3.05) is 24.8 Å². The molecule has 0 heterocycles. The van der Waals surface area contributed by atoms with Gasteiger partial charge in [-0.05, 0) is 55.8 Å². The van der Waals surface area contributed by atoms with Crippen molar-refractivity contribution >= 4 is 21.7 Å². The van der Waals surface area contributed by atoms with Gasteiger partial charge in [-0.25, -0.2) is 13.4 Å². The summed E-state index contributed by atoms with van der Waals surface area (Å²) in [5.41, 5.74) is 1.62.